The summed E-state index contributed by atoms with van der Waals surface area (Å²) < 4.78 is 0. The molecule has 4 atom stereocenters. The largest absolute Gasteiger partial charge is 0.388 e. The number of rotatable bonds is 2. The van der Waals surface area contributed by atoms with Crippen LogP contribution in [-0.4, -0.2) is 79.1 Å². The molecule has 2 aliphatic heterocycles. The van der Waals surface area contributed by atoms with Crippen molar-refractivity contribution in [1.82, 2.24) is 9.80 Å². The molecular weight excluding hydrogens is 404 g/mol. The number of carbonyl (C=O) groups is 4. The van der Waals surface area contributed by atoms with Crippen LogP contribution < -0.4 is 0 Å². The Morgan fingerprint density at radius 3 is 1.13 bits per heavy atom. The summed E-state index contributed by atoms with van der Waals surface area (Å²) in [6, 6.07) is 9.87. The van der Waals surface area contributed by atoms with E-state index in [1.54, 1.807) is 24.3 Å². The van der Waals surface area contributed by atoms with Crippen molar-refractivity contribution in [3.05, 3.63) is 70.8 Å². The van der Waals surface area contributed by atoms with Gasteiger partial charge in [0.1, 0.15) is 18.3 Å². The van der Waals surface area contributed by atoms with Gasteiger partial charge < -0.3 is 15.3 Å². The second kappa shape index (κ2) is 6.81. The van der Waals surface area contributed by atoms with Crippen LogP contribution in [0.1, 0.15) is 47.9 Å². The van der Waals surface area contributed by atoms with E-state index in [4.69, 9.17) is 0 Å². The number of fused-ring (bicyclic) bond motifs is 2. The van der Waals surface area contributed by atoms with E-state index in [0.29, 0.717) is 0 Å². The van der Waals surface area contributed by atoms with Crippen LogP contribution in [0, 0.1) is 0 Å². The highest BCUT2D eigenvalue weighted by Crippen LogP contribution is 2.36. The lowest BCUT2D eigenvalue weighted by Crippen LogP contribution is -2.65. The number of aliphatic hydroxyl groups excluding tert-OH is 3. The van der Waals surface area contributed by atoms with E-state index in [1.165, 1.54) is 24.3 Å². The molecular formula is C22H18N2O7. The van der Waals surface area contributed by atoms with Crippen LogP contribution in [0.2, 0.25) is 0 Å². The van der Waals surface area contributed by atoms with Gasteiger partial charge in [-0.2, -0.15) is 0 Å². The van der Waals surface area contributed by atoms with E-state index in [-0.39, 0.29) is 28.7 Å². The minimum atomic E-state index is -1.78. The Bertz CT molecular complexity index is 989. The van der Waals surface area contributed by atoms with Gasteiger partial charge in [-0.1, -0.05) is 24.3 Å². The molecule has 9 heteroatoms. The number of amides is 4. The molecule has 0 saturated heterocycles. The topological polar surface area (TPSA) is 135 Å². The third-order valence-electron chi connectivity index (χ3n) is 6.29. The van der Waals surface area contributed by atoms with Crippen molar-refractivity contribution >= 4 is 23.6 Å². The highest BCUT2D eigenvalue weighted by molar-refractivity contribution is 6.22. The minimum absolute atomic E-state index is 0.164. The predicted molar refractivity (Wildman–Crippen MR) is 104 cm³/mol. The van der Waals surface area contributed by atoms with Gasteiger partial charge in [0, 0.05) is 0 Å². The zero-order valence-electron chi connectivity index (χ0n) is 16.1. The smallest absolute Gasteiger partial charge is 0.261 e. The van der Waals surface area contributed by atoms with Crippen molar-refractivity contribution in [3.63, 3.8) is 0 Å². The zero-order valence-corrected chi connectivity index (χ0v) is 16.1. The SMILES string of the molecule is O=C1c2ccccc2C(=O)N1C1CC(N2C(=O)c3ccccc3C2=O)C(O)C(O)C1O. The summed E-state index contributed by atoms with van der Waals surface area (Å²) in [5.74, 6) is -2.58. The van der Waals surface area contributed by atoms with Crippen molar-refractivity contribution < 1.29 is 34.5 Å². The van der Waals surface area contributed by atoms with Crippen molar-refractivity contribution in [2.24, 2.45) is 0 Å². The summed E-state index contributed by atoms with van der Waals surface area (Å²) in [7, 11) is 0. The maximum atomic E-state index is 12.9. The fraction of sp³-hybridized carbons (Fsp3) is 0.273. The van der Waals surface area contributed by atoms with Crippen LogP contribution in [0.4, 0.5) is 0 Å². The lowest BCUT2D eigenvalue weighted by molar-refractivity contribution is -0.132. The van der Waals surface area contributed by atoms with E-state index in [9.17, 15) is 34.5 Å². The highest BCUT2D eigenvalue weighted by atomic mass is 16.4. The van der Waals surface area contributed by atoms with Gasteiger partial charge in [0.05, 0.1) is 34.3 Å². The predicted octanol–water partition coefficient (Wildman–Crippen LogP) is -0.198. The molecule has 2 aromatic rings. The molecule has 1 aliphatic carbocycles. The average Bonchev–Trinajstić information content (AvgIpc) is 3.18. The quantitative estimate of drug-likeness (QED) is 0.571. The molecule has 4 amide bonds. The Morgan fingerprint density at radius 1 is 0.548 bits per heavy atom. The Balaban J connectivity index is 1.51. The molecule has 3 aliphatic rings. The number of carbonyl (C=O) groups excluding carboxylic acids is 4. The summed E-state index contributed by atoms with van der Waals surface area (Å²) in [5, 5.41) is 31.7. The maximum absolute atomic E-state index is 12.9. The van der Waals surface area contributed by atoms with Gasteiger partial charge in [-0.25, -0.2) is 0 Å². The van der Waals surface area contributed by atoms with Gasteiger partial charge >= 0.3 is 0 Å². The Hall–Kier alpha value is -3.40. The first-order chi connectivity index (χ1) is 14.8. The monoisotopic (exact) mass is 422 g/mol. The molecule has 1 saturated carbocycles. The van der Waals surface area contributed by atoms with Gasteiger partial charge in [-0.15, -0.1) is 0 Å². The molecule has 158 valence electrons. The fourth-order valence-corrected chi connectivity index (χ4v) is 4.72. The maximum Gasteiger partial charge on any atom is 0.261 e. The molecule has 4 unspecified atom stereocenters. The standard InChI is InChI=1S/C22H18N2O7/c25-16-14(23-19(28)10-5-1-2-6-11(10)20(23)29)9-15(17(26)18(16)27)24-21(30)12-7-3-4-8-13(12)22(24)31/h1-8,14-18,25-27H,9H2. The first kappa shape index (κ1) is 19.6. The number of nitrogens with zero attached hydrogens (tertiary/aromatic N) is 2. The molecule has 9 nitrogen and oxygen atoms in total. The van der Waals surface area contributed by atoms with Crippen molar-refractivity contribution in [3.8, 4) is 0 Å². The molecule has 0 bridgehead atoms. The molecule has 0 spiro atoms. The van der Waals surface area contributed by atoms with Crippen molar-refractivity contribution in [2.45, 2.75) is 36.8 Å². The van der Waals surface area contributed by atoms with E-state index < -0.39 is 54.0 Å². The van der Waals surface area contributed by atoms with Crippen LogP contribution in [0.15, 0.2) is 48.5 Å². The van der Waals surface area contributed by atoms with Crippen LogP contribution in [0.25, 0.3) is 0 Å². The van der Waals surface area contributed by atoms with Gasteiger partial charge in [0.25, 0.3) is 23.6 Å². The fourth-order valence-electron chi connectivity index (χ4n) is 4.72. The lowest BCUT2D eigenvalue weighted by atomic mass is 9.82. The molecule has 2 aromatic carbocycles. The number of benzene rings is 2. The van der Waals surface area contributed by atoms with Gasteiger partial charge in [0.2, 0.25) is 0 Å². The second-order valence-electron chi connectivity index (χ2n) is 7.89. The average molecular weight is 422 g/mol. The van der Waals surface area contributed by atoms with Crippen LogP contribution in [-0.2, 0) is 0 Å². The second-order valence-corrected chi connectivity index (χ2v) is 7.89. The normalized spacial score (nSPS) is 30.1. The molecule has 5 rings (SSSR count). The Kier molecular flexibility index (Phi) is 4.30. The highest BCUT2D eigenvalue weighted by Gasteiger charge is 2.54. The summed E-state index contributed by atoms with van der Waals surface area (Å²) in [6.45, 7) is 0. The van der Waals surface area contributed by atoms with Crippen molar-refractivity contribution in [2.75, 3.05) is 0 Å². The first-order valence-electron chi connectivity index (χ1n) is 9.81. The third kappa shape index (κ3) is 2.61. The molecule has 0 aromatic heterocycles. The van der Waals surface area contributed by atoms with E-state index in [0.717, 1.165) is 9.80 Å². The van der Waals surface area contributed by atoms with Gasteiger partial charge in [-0.05, 0) is 30.7 Å². The Morgan fingerprint density at radius 2 is 0.839 bits per heavy atom. The van der Waals surface area contributed by atoms with E-state index in [2.05, 4.69) is 0 Å². The van der Waals surface area contributed by atoms with Crippen LogP contribution in [0.5, 0.6) is 0 Å². The molecule has 0 radical (unpaired) electrons. The third-order valence-corrected chi connectivity index (χ3v) is 6.29. The van der Waals surface area contributed by atoms with E-state index >= 15 is 0 Å². The number of imide groups is 2. The number of hydrogen-bond acceptors (Lipinski definition) is 7. The van der Waals surface area contributed by atoms with Crippen molar-refractivity contribution in [1.29, 1.82) is 0 Å². The summed E-state index contributed by atoms with van der Waals surface area (Å²) >= 11 is 0. The molecule has 3 N–H and O–H groups in total. The van der Waals surface area contributed by atoms with E-state index in [1.807, 2.05) is 0 Å². The number of hydrogen-bond donors (Lipinski definition) is 3. The lowest BCUT2D eigenvalue weighted by Gasteiger charge is -2.45. The Labute approximate surface area is 176 Å². The molecule has 1 fully saturated rings. The minimum Gasteiger partial charge on any atom is -0.388 e. The number of aliphatic hydroxyl groups is 3. The van der Waals surface area contributed by atoms with Gasteiger partial charge in [0.15, 0.2) is 0 Å². The summed E-state index contributed by atoms with van der Waals surface area (Å²) in [4.78, 5) is 53.2. The van der Waals surface area contributed by atoms with Crippen LogP contribution >= 0.6 is 0 Å². The molecule has 2 heterocycles. The van der Waals surface area contributed by atoms with Crippen LogP contribution in [0.3, 0.4) is 0 Å². The zero-order chi connectivity index (χ0) is 22.0. The first-order valence-corrected chi connectivity index (χ1v) is 9.81. The summed E-state index contributed by atoms with van der Waals surface area (Å²) in [5.41, 5.74) is 0.658. The summed E-state index contributed by atoms with van der Waals surface area (Å²) in [6.07, 6.45) is -5.35. The molecule has 31 heavy (non-hydrogen) atoms. The van der Waals surface area contributed by atoms with Gasteiger partial charge in [-0.3, -0.25) is 29.0 Å².